The Kier molecular flexibility index (Phi) is 1.72. The lowest BCUT2D eigenvalue weighted by Crippen LogP contribution is -1.85. The molecule has 1 heteroatoms. The van der Waals surface area contributed by atoms with E-state index in [1.54, 1.807) is 0 Å². The Labute approximate surface area is 67.4 Å². The molecule has 0 bridgehead atoms. The molecule has 1 nitrogen and oxygen atoms in total. The molecule has 0 saturated carbocycles. The van der Waals surface area contributed by atoms with Gasteiger partial charge in [-0.3, -0.25) is 0 Å². The first kappa shape index (κ1) is 6.96. The van der Waals surface area contributed by atoms with Crippen LogP contribution in [0.3, 0.4) is 0 Å². The summed E-state index contributed by atoms with van der Waals surface area (Å²) in [6.07, 6.45) is 9.15. The first-order valence-electron chi connectivity index (χ1n) is 4.48. The zero-order valence-electron chi connectivity index (χ0n) is 6.77. The number of allylic oxidation sites excluding steroid dienone is 4. The second-order valence-electron chi connectivity index (χ2n) is 3.40. The molecule has 0 spiro atoms. The predicted molar refractivity (Wildman–Crippen MR) is 45.4 cm³/mol. The topological polar surface area (TPSA) is 20.2 Å². The largest absolute Gasteiger partial charge is 0.512 e. The fourth-order valence-corrected chi connectivity index (χ4v) is 2.02. The number of aliphatic hydroxyl groups is 1. The Morgan fingerprint density at radius 1 is 1.09 bits per heavy atom. The number of aliphatic hydroxyl groups excluding tert-OH is 1. The molecule has 0 radical (unpaired) electrons. The van der Waals surface area contributed by atoms with Gasteiger partial charge in [0, 0.05) is 6.42 Å². The van der Waals surface area contributed by atoms with Gasteiger partial charge in [0.2, 0.25) is 0 Å². The molecule has 60 valence electrons. The third-order valence-corrected chi connectivity index (χ3v) is 2.62. The summed E-state index contributed by atoms with van der Waals surface area (Å²) < 4.78 is 0. The van der Waals surface area contributed by atoms with Gasteiger partial charge in [0.05, 0.1) is 5.76 Å². The van der Waals surface area contributed by atoms with Gasteiger partial charge in [-0.05, 0) is 43.3 Å². The van der Waals surface area contributed by atoms with Crippen LogP contribution in [0, 0.1) is 0 Å². The molecule has 0 atom stereocenters. The van der Waals surface area contributed by atoms with Crippen molar-refractivity contribution in [3.05, 3.63) is 23.0 Å². The van der Waals surface area contributed by atoms with E-state index in [1.165, 1.54) is 30.4 Å². The van der Waals surface area contributed by atoms with E-state index in [0.717, 1.165) is 19.3 Å². The fraction of sp³-hybridized carbons (Fsp3) is 0.600. The van der Waals surface area contributed by atoms with E-state index in [2.05, 4.69) is 6.08 Å². The summed E-state index contributed by atoms with van der Waals surface area (Å²) in [5.41, 5.74) is 2.70. The van der Waals surface area contributed by atoms with Gasteiger partial charge in [-0.1, -0.05) is 6.08 Å². The van der Waals surface area contributed by atoms with Gasteiger partial charge < -0.3 is 5.11 Å². The monoisotopic (exact) mass is 150 g/mol. The Balaban J connectivity index is 2.20. The molecule has 2 aliphatic carbocycles. The highest BCUT2D eigenvalue weighted by atomic mass is 16.3. The van der Waals surface area contributed by atoms with Crippen molar-refractivity contribution in [1.29, 1.82) is 0 Å². The second kappa shape index (κ2) is 2.72. The van der Waals surface area contributed by atoms with Gasteiger partial charge in [-0.25, -0.2) is 0 Å². The van der Waals surface area contributed by atoms with Crippen LogP contribution in [0.1, 0.15) is 38.5 Å². The van der Waals surface area contributed by atoms with Crippen molar-refractivity contribution >= 4 is 0 Å². The summed E-state index contributed by atoms with van der Waals surface area (Å²) in [4.78, 5) is 0. The van der Waals surface area contributed by atoms with Gasteiger partial charge in [-0.15, -0.1) is 0 Å². The lowest BCUT2D eigenvalue weighted by Gasteiger charge is -2.02. The molecular formula is C10H14O. The normalized spacial score (nSPS) is 24.5. The van der Waals surface area contributed by atoms with Gasteiger partial charge in [0.15, 0.2) is 0 Å². The van der Waals surface area contributed by atoms with Crippen molar-refractivity contribution in [2.45, 2.75) is 38.5 Å². The smallest absolute Gasteiger partial charge is 0.0957 e. The molecule has 0 heterocycles. The van der Waals surface area contributed by atoms with E-state index in [-0.39, 0.29) is 0 Å². The van der Waals surface area contributed by atoms with Crippen LogP contribution >= 0.6 is 0 Å². The predicted octanol–water partition coefficient (Wildman–Crippen LogP) is 3.09. The van der Waals surface area contributed by atoms with Crippen LogP contribution in [-0.2, 0) is 0 Å². The maximum atomic E-state index is 9.49. The number of rotatable bonds is 1. The highest BCUT2D eigenvalue weighted by Crippen LogP contribution is 2.34. The maximum absolute atomic E-state index is 9.49. The highest BCUT2D eigenvalue weighted by molar-refractivity contribution is 5.37. The minimum atomic E-state index is 0.665. The molecule has 0 aliphatic heterocycles. The third kappa shape index (κ3) is 1.20. The van der Waals surface area contributed by atoms with E-state index in [9.17, 15) is 5.11 Å². The minimum absolute atomic E-state index is 0.665. The molecule has 0 fully saturated rings. The molecule has 1 N–H and O–H groups in total. The average Bonchev–Trinajstić information content (AvgIpc) is 2.55. The Bertz CT molecular complexity index is 223. The summed E-state index contributed by atoms with van der Waals surface area (Å²) in [6.45, 7) is 0. The van der Waals surface area contributed by atoms with Crippen molar-refractivity contribution in [3.63, 3.8) is 0 Å². The summed E-state index contributed by atoms with van der Waals surface area (Å²) in [6, 6.07) is 0. The molecule has 0 aromatic heterocycles. The number of hydrogen-bond acceptors (Lipinski definition) is 1. The molecule has 0 unspecified atom stereocenters. The van der Waals surface area contributed by atoms with Gasteiger partial charge in [-0.2, -0.15) is 0 Å². The summed E-state index contributed by atoms with van der Waals surface area (Å²) >= 11 is 0. The van der Waals surface area contributed by atoms with E-state index in [4.69, 9.17) is 0 Å². The molecule has 0 aromatic carbocycles. The van der Waals surface area contributed by atoms with Crippen LogP contribution in [0.25, 0.3) is 0 Å². The summed E-state index contributed by atoms with van der Waals surface area (Å²) in [5.74, 6) is 0.665. The highest BCUT2D eigenvalue weighted by Gasteiger charge is 2.18. The molecule has 11 heavy (non-hydrogen) atoms. The molecule has 2 rings (SSSR count). The lowest BCUT2D eigenvalue weighted by atomic mass is 10.1. The summed E-state index contributed by atoms with van der Waals surface area (Å²) in [7, 11) is 0. The van der Waals surface area contributed by atoms with Crippen molar-refractivity contribution < 1.29 is 5.11 Å². The quantitative estimate of drug-likeness (QED) is 0.609. The van der Waals surface area contributed by atoms with Crippen molar-refractivity contribution in [2.75, 3.05) is 0 Å². The molecule has 0 saturated heterocycles. The van der Waals surface area contributed by atoms with E-state index < -0.39 is 0 Å². The minimum Gasteiger partial charge on any atom is -0.512 e. The van der Waals surface area contributed by atoms with Crippen LogP contribution in [-0.4, -0.2) is 5.11 Å². The second-order valence-corrected chi connectivity index (χ2v) is 3.40. The fourth-order valence-electron chi connectivity index (χ4n) is 2.02. The van der Waals surface area contributed by atoms with Crippen molar-refractivity contribution in [2.24, 2.45) is 0 Å². The molecular weight excluding hydrogens is 136 g/mol. The van der Waals surface area contributed by atoms with Crippen LogP contribution in [0.2, 0.25) is 0 Å². The molecule has 0 aromatic rings. The van der Waals surface area contributed by atoms with Gasteiger partial charge in [0.1, 0.15) is 0 Å². The van der Waals surface area contributed by atoms with Crippen LogP contribution in [0.4, 0.5) is 0 Å². The van der Waals surface area contributed by atoms with Crippen LogP contribution in [0.5, 0.6) is 0 Å². The zero-order chi connectivity index (χ0) is 7.68. The van der Waals surface area contributed by atoms with E-state index >= 15 is 0 Å². The first-order chi connectivity index (χ1) is 5.38. The van der Waals surface area contributed by atoms with E-state index in [0.29, 0.717) is 5.76 Å². The lowest BCUT2D eigenvalue weighted by molar-refractivity contribution is 0.394. The van der Waals surface area contributed by atoms with Crippen LogP contribution < -0.4 is 0 Å². The molecule has 0 amide bonds. The Hall–Kier alpha value is -0.720. The molecule has 2 aliphatic rings. The van der Waals surface area contributed by atoms with Crippen molar-refractivity contribution in [3.8, 4) is 0 Å². The average molecular weight is 150 g/mol. The van der Waals surface area contributed by atoms with Gasteiger partial charge in [0.25, 0.3) is 0 Å². The van der Waals surface area contributed by atoms with Crippen LogP contribution in [0.15, 0.2) is 23.0 Å². The number of hydrogen-bond donors (Lipinski definition) is 1. The van der Waals surface area contributed by atoms with E-state index in [1.807, 2.05) is 0 Å². The summed E-state index contributed by atoms with van der Waals surface area (Å²) in [5, 5.41) is 9.49. The Morgan fingerprint density at radius 3 is 2.55 bits per heavy atom. The Morgan fingerprint density at radius 2 is 2.00 bits per heavy atom. The SMILES string of the molecule is OC1=C(C2=CCCC2)CCC1. The first-order valence-corrected chi connectivity index (χ1v) is 4.48. The maximum Gasteiger partial charge on any atom is 0.0957 e. The van der Waals surface area contributed by atoms with Gasteiger partial charge >= 0.3 is 0 Å². The standard InChI is InChI=1S/C10H14O/c11-10-7-3-6-9(10)8-4-1-2-5-8/h4,11H,1-3,5-7H2. The zero-order valence-corrected chi connectivity index (χ0v) is 6.77. The third-order valence-electron chi connectivity index (χ3n) is 2.62. The van der Waals surface area contributed by atoms with Crippen molar-refractivity contribution in [1.82, 2.24) is 0 Å².